The molecule has 1 aliphatic carbocycles. The van der Waals surface area contributed by atoms with Crippen molar-refractivity contribution >= 4 is 5.97 Å². The van der Waals surface area contributed by atoms with Crippen molar-refractivity contribution in [1.82, 2.24) is 9.78 Å². The minimum atomic E-state index is -0.781. The second-order valence-electron chi connectivity index (χ2n) is 4.83. The number of rotatable bonds is 3. The van der Waals surface area contributed by atoms with E-state index in [1.165, 1.54) is 0 Å². The van der Waals surface area contributed by atoms with E-state index in [-0.39, 0.29) is 5.97 Å². The molecule has 0 unspecified atom stereocenters. The molecule has 0 bridgehead atoms. The lowest BCUT2D eigenvalue weighted by molar-refractivity contribution is -0.139. The van der Waals surface area contributed by atoms with Gasteiger partial charge in [0.15, 0.2) is 0 Å². The molecule has 1 aliphatic rings. The Hall–Kier alpha value is -1.88. The molecule has 1 atom stereocenters. The molecule has 0 amide bonds. The lowest BCUT2D eigenvalue weighted by atomic mass is 10.0. The van der Waals surface area contributed by atoms with Gasteiger partial charge in [0.25, 0.3) is 0 Å². The SMILES string of the molecule is CCC(=O)OC1=CC=C[C@@](N)(n2nc(C)cc2C)C1. The van der Waals surface area contributed by atoms with Gasteiger partial charge in [-0.15, -0.1) is 0 Å². The third-order valence-electron chi connectivity index (χ3n) is 3.06. The Morgan fingerprint density at radius 1 is 1.58 bits per heavy atom. The van der Waals surface area contributed by atoms with Crippen molar-refractivity contribution in [2.24, 2.45) is 5.73 Å². The van der Waals surface area contributed by atoms with Gasteiger partial charge in [-0.2, -0.15) is 5.10 Å². The predicted molar refractivity (Wildman–Crippen MR) is 72.1 cm³/mol. The number of aromatic nitrogens is 2. The van der Waals surface area contributed by atoms with Gasteiger partial charge in [0.2, 0.25) is 0 Å². The van der Waals surface area contributed by atoms with E-state index in [9.17, 15) is 4.79 Å². The molecule has 2 N–H and O–H groups in total. The summed E-state index contributed by atoms with van der Waals surface area (Å²) < 4.78 is 7.02. The fourth-order valence-electron chi connectivity index (χ4n) is 2.20. The minimum Gasteiger partial charge on any atom is -0.431 e. The summed E-state index contributed by atoms with van der Waals surface area (Å²) in [6.45, 7) is 5.64. The van der Waals surface area contributed by atoms with E-state index in [0.29, 0.717) is 18.6 Å². The highest BCUT2D eigenvalue weighted by atomic mass is 16.5. The van der Waals surface area contributed by atoms with Crippen LogP contribution in [0.4, 0.5) is 0 Å². The largest absolute Gasteiger partial charge is 0.431 e. The van der Waals surface area contributed by atoms with Gasteiger partial charge in [0, 0.05) is 18.5 Å². The summed E-state index contributed by atoms with van der Waals surface area (Å²) in [5, 5.41) is 4.41. The highest BCUT2D eigenvalue weighted by molar-refractivity contribution is 5.70. The van der Waals surface area contributed by atoms with Crippen molar-refractivity contribution in [2.45, 2.75) is 39.3 Å². The molecule has 0 radical (unpaired) electrons. The standard InChI is InChI=1S/C14H19N3O2/c1-4-13(18)19-12-6-5-7-14(15,9-12)17-11(3)8-10(2)16-17/h5-8H,4,9,15H2,1-3H3/t14-/m1/s1. The molecule has 0 aromatic carbocycles. The minimum absolute atomic E-state index is 0.253. The summed E-state index contributed by atoms with van der Waals surface area (Å²) in [5.41, 5.74) is 7.50. The maximum absolute atomic E-state index is 11.3. The van der Waals surface area contributed by atoms with Crippen molar-refractivity contribution in [2.75, 3.05) is 0 Å². The number of aryl methyl sites for hydroxylation is 2. The first kappa shape index (κ1) is 13.5. The number of nitrogens with two attached hydrogens (primary N) is 1. The van der Waals surface area contributed by atoms with Crippen LogP contribution in [0.25, 0.3) is 0 Å². The zero-order chi connectivity index (χ0) is 14.0. The number of hydrogen-bond acceptors (Lipinski definition) is 4. The molecule has 5 nitrogen and oxygen atoms in total. The predicted octanol–water partition coefficient (Wildman–Crippen LogP) is 1.91. The second-order valence-corrected chi connectivity index (χ2v) is 4.83. The third-order valence-corrected chi connectivity index (χ3v) is 3.06. The van der Waals surface area contributed by atoms with Crippen LogP contribution >= 0.6 is 0 Å². The normalized spacial score (nSPS) is 22.2. The van der Waals surface area contributed by atoms with Gasteiger partial charge in [-0.05, 0) is 32.1 Å². The van der Waals surface area contributed by atoms with E-state index in [0.717, 1.165) is 11.4 Å². The molecule has 0 fully saturated rings. The van der Waals surface area contributed by atoms with Crippen LogP contribution in [-0.2, 0) is 15.2 Å². The van der Waals surface area contributed by atoms with Crippen LogP contribution in [0, 0.1) is 13.8 Å². The molecule has 5 heteroatoms. The van der Waals surface area contributed by atoms with Gasteiger partial charge >= 0.3 is 5.97 Å². The average molecular weight is 261 g/mol. The molecule has 1 aromatic heterocycles. The summed E-state index contributed by atoms with van der Waals surface area (Å²) in [6.07, 6.45) is 6.20. The van der Waals surface area contributed by atoms with E-state index in [1.807, 2.05) is 26.0 Å². The Morgan fingerprint density at radius 2 is 2.32 bits per heavy atom. The van der Waals surface area contributed by atoms with E-state index in [4.69, 9.17) is 10.5 Å². The van der Waals surface area contributed by atoms with Crippen LogP contribution < -0.4 is 5.73 Å². The number of nitrogens with zero attached hydrogens (tertiary/aromatic N) is 2. The molecule has 1 aromatic rings. The summed E-state index contributed by atoms with van der Waals surface area (Å²) in [4.78, 5) is 11.3. The van der Waals surface area contributed by atoms with Crippen molar-refractivity contribution < 1.29 is 9.53 Å². The molecule has 0 spiro atoms. The number of hydrogen-bond donors (Lipinski definition) is 1. The monoisotopic (exact) mass is 261 g/mol. The summed E-state index contributed by atoms with van der Waals surface area (Å²) in [5.74, 6) is 0.321. The first-order valence-electron chi connectivity index (χ1n) is 6.36. The number of carbonyl (C=O) groups excluding carboxylic acids is 1. The van der Waals surface area contributed by atoms with Crippen LogP contribution in [0.5, 0.6) is 0 Å². The lowest BCUT2D eigenvalue weighted by Crippen LogP contribution is -2.44. The molecule has 0 saturated heterocycles. The molecular weight excluding hydrogens is 242 g/mol. The zero-order valence-corrected chi connectivity index (χ0v) is 11.5. The van der Waals surface area contributed by atoms with Crippen LogP contribution in [0.3, 0.4) is 0 Å². The number of carbonyl (C=O) groups is 1. The fourth-order valence-corrected chi connectivity index (χ4v) is 2.20. The molecule has 2 rings (SSSR count). The smallest absolute Gasteiger partial charge is 0.310 e. The highest BCUT2D eigenvalue weighted by Crippen LogP contribution is 2.27. The summed E-state index contributed by atoms with van der Waals surface area (Å²) in [7, 11) is 0. The van der Waals surface area contributed by atoms with Crippen LogP contribution in [-0.4, -0.2) is 15.7 Å². The third kappa shape index (κ3) is 2.76. The van der Waals surface area contributed by atoms with E-state index in [1.54, 1.807) is 23.8 Å². The first-order valence-corrected chi connectivity index (χ1v) is 6.36. The van der Waals surface area contributed by atoms with Gasteiger partial charge in [0.1, 0.15) is 11.4 Å². The van der Waals surface area contributed by atoms with Crippen LogP contribution in [0.1, 0.15) is 31.2 Å². The van der Waals surface area contributed by atoms with Gasteiger partial charge < -0.3 is 10.5 Å². The highest BCUT2D eigenvalue weighted by Gasteiger charge is 2.31. The van der Waals surface area contributed by atoms with Gasteiger partial charge in [-0.25, -0.2) is 4.68 Å². The van der Waals surface area contributed by atoms with Gasteiger partial charge in [0.05, 0.1) is 5.69 Å². The van der Waals surface area contributed by atoms with Crippen LogP contribution in [0.2, 0.25) is 0 Å². The Labute approximate surface area is 112 Å². The summed E-state index contributed by atoms with van der Waals surface area (Å²) in [6, 6.07) is 1.97. The average Bonchev–Trinajstić information content (AvgIpc) is 2.69. The van der Waals surface area contributed by atoms with E-state index in [2.05, 4.69) is 5.10 Å². The quantitative estimate of drug-likeness (QED) is 0.844. The summed E-state index contributed by atoms with van der Waals surface area (Å²) >= 11 is 0. The van der Waals surface area contributed by atoms with E-state index >= 15 is 0 Å². The van der Waals surface area contributed by atoms with Crippen molar-refractivity contribution in [1.29, 1.82) is 0 Å². The Kier molecular flexibility index (Phi) is 3.57. The second kappa shape index (κ2) is 5.01. The fraction of sp³-hybridized carbons (Fsp3) is 0.429. The first-order chi connectivity index (χ1) is 8.94. The lowest BCUT2D eigenvalue weighted by Gasteiger charge is -2.30. The molecule has 19 heavy (non-hydrogen) atoms. The Balaban J connectivity index is 2.23. The number of allylic oxidation sites excluding steroid dienone is 2. The molecule has 0 saturated carbocycles. The Morgan fingerprint density at radius 3 is 2.89 bits per heavy atom. The van der Waals surface area contributed by atoms with Gasteiger partial charge in [-0.1, -0.05) is 13.0 Å². The van der Waals surface area contributed by atoms with Gasteiger partial charge in [-0.3, -0.25) is 4.79 Å². The van der Waals surface area contributed by atoms with Crippen molar-refractivity contribution in [3.63, 3.8) is 0 Å². The van der Waals surface area contributed by atoms with Crippen molar-refractivity contribution in [3.8, 4) is 0 Å². The molecular formula is C14H19N3O2. The van der Waals surface area contributed by atoms with Crippen molar-refractivity contribution in [3.05, 3.63) is 41.4 Å². The van der Waals surface area contributed by atoms with Crippen LogP contribution in [0.15, 0.2) is 30.1 Å². The Bertz CT molecular complexity index is 557. The topological polar surface area (TPSA) is 70.1 Å². The number of esters is 1. The molecule has 1 heterocycles. The van der Waals surface area contributed by atoms with E-state index < -0.39 is 5.66 Å². The number of ether oxygens (including phenoxy) is 1. The maximum atomic E-state index is 11.3. The molecule has 0 aliphatic heterocycles. The maximum Gasteiger partial charge on any atom is 0.310 e. The molecule has 102 valence electrons. The zero-order valence-electron chi connectivity index (χ0n) is 11.5.